The fraction of sp³-hybridized carbons (Fsp3) is 0.409. The van der Waals surface area contributed by atoms with Crippen molar-refractivity contribution in [2.75, 3.05) is 5.32 Å². The minimum atomic E-state index is -0.347. The molecule has 7 nitrogen and oxygen atoms in total. The van der Waals surface area contributed by atoms with Gasteiger partial charge in [0.05, 0.1) is 11.3 Å². The van der Waals surface area contributed by atoms with Gasteiger partial charge in [0.1, 0.15) is 6.10 Å². The maximum absolute atomic E-state index is 12.8. The molecule has 0 saturated heterocycles. The molecule has 0 aliphatic heterocycles. The number of amides is 3. The Morgan fingerprint density at radius 3 is 2.66 bits per heavy atom. The summed E-state index contributed by atoms with van der Waals surface area (Å²) in [4.78, 5) is 29.1. The third kappa shape index (κ3) is 5.94. The fourth-order valence-electron chi connectivity index (χ4n) is 3.31. The Bertz CT molecular complexity index is 847. The van der Waals surface area contributed by atoms with Crippen LogP contribution in [0.4, 0.5) is 10.5 Å². The monoisotopic (exact) mass is 396 g/mol. The Kier molecular flexibility index (Phi) is 7.05. The number of rotatable bonds is 7. The lowest BCUT2D eigenvalue weighted by Gasteiger charge is -2.16. The molecule has 3 rings (SSSR count). The van der Waals surface area contributed by atoms with E-state index >= 15 is 0 Å². The SMILES string of the molecule is CC(C)NC(=O)Nc1ccccc1C(=O)NCc1cccnc1OC1CCCC1. The van der Waals surface area contributed by atoms with Crippen LogP contribution in [0.2, 0.25) is 0 Å². The highest BCUT2D eigenvalue weighted by molar-refractivity contribution is 6.03. The summed E-state index contributed by atoms with van der Waals surface area (Å²) in [5.41, 5.74) is 1.68. The number of nitrogens with zero attached hydrogens (tertiary/aromatic N) is 1. The first-order valence-corrected chi connectivity index (χ1v) is 10.1. The van der Waals surface area contributed by atoms with E-state index in [1.54, 1.807) is 30.5 Å². The van der Waals surface area contributed by atoms with Gasteiger partial charge in [-0.3, -0.25) is 4.79 Å². The molecular formula is C22H28N4O3. The van der Waals surface area contributed by atoms with Crippen molar-refractivity contribution >= 4 is 17.6 Å². The van der Waals surface area contributed by atoms with Gasteiger partial charge >= 0.3 is 6.03 Å². The highest BCUT2D eigenvalue weighted by Crippen LogP contribution is 2.25. The van der Waals surface area contributed by atoms with Crippen LogP contribution in [0, 0.1) is 0 Å². The molecule has 0 radical (unpaired) electrons. The zero-order valence-corrected chi connectivity index (χ0v) is 16.9. The average molecular weight is 396 g/mol. The standard InChI is InChI=1S/C22H28N4O3/c1-15(2)25-22(28)26-19-12-6-5-11-18(19)20(27)24-14-16-8-7-13-23-21(16)29-17-9-3-4-10-17/h5-8,11-13,15,17H,3-4,9-10,14H2,1-2H3,(H,24,27)(H2,25,26,28). The number of hydrogen-bond acceptors (Lipinski definition) is 4. The first-order valence-electron chi connectivity index (χ1n) is 10.1. The summed E-state index contributed by atoms with van der Waals surface area (Å²) in [6.07, 6.45) is 6.33. The van der Waals surface area contributed by atoms with Crippen LogP contribution < -0.4 is 20.7 Å². The molecule has 2 aromatic rings. The van der Waals surface area contributed by atoms with Crippen molar-refractivity contribution in [2.24, 2.45) is 0 Å². The zero-order valence-electron chi connectivity index (χ0n) is 16.9. The fourth-order valence-corrected chi connectivity index (χ4v) is 3.31. The number of benzene rings is 1. The summed E-state index contributed by atoms with van der Waals surface area (Å²) >= 11 is 0. The lowest BCUT2D eigenvalue weighted by atomic mass is 10.1. The van der Waals surface area contributed by atoms with Gasteiger partial charge in [-0.05, 0) is 57.7 Å². The highest BCUT2D eigenvalue weighted by Gasteiger charge is 2.19. The van der Waals surface area contributed by atoms with Gasteiger partial charge in [-0.15, -0.1) is 0 Å². The molecule has 1 heterocycles. The predicted octanol–water partition coefficient (Wildman–Crippen LogP) is 3.86. The molecule has 3 N–H and O–H groups in total. The lowest BCUT2D eigenvalue weighted by molar-refractivity contribution is 0.0951. The molecule has 1 saturated carbocycles. The smallest absolute Gasteiger partial charge is 0.319 e. The van der Waals surface area contributed by atoms with Crippen molar-refractivity contribution in [1.29, 1.82) is 0 Å². The second-order valence-corrected chi connectivity index (χ2v) is 7.47. The number of aromatic nitrogens is 1. The summed E-state index contributed by atoms with van der Waals surface area (Å²) in [5.74, 6) is 0.295. The quantitative estimate of drug-likeness (QED) is 0.663. The van der Waals surface area contributed by atoms with E-state index in [1.165, 1.54) is 12.8 Å². The van der Waals surface area contributed by atoms with Crippen LogP contribution in [-0.4, -0.2) is 29.1 Å². The van der Waals surface area contributed by atoms with Crippen molar-refractivity contribution < 1.29 is 14.3 Å². The molecule has 0 atom stereocenters. The highest BCUT2D eigenvalue weighted by atomic mass is 16.5. The van der Waals surface area contributed by atoms with Crippen molar-refractivity contribution in [1.82, 2.24) is 15.6 Å². The second kappa shape index (κ2) is 9.91. The van der Waals surface area contributed by atoms with Crippen LogP contribution in [0.1, 0.15) is 55.5 Å². The van der Waals surface area contributed by atoms with E-state index in [9.17, 15) is 9.59 Å². The molecule has 0 bridgehead atoms. The van der Waals surface area contributed by atoms with Crippen molar-refractivity contribution in [3.05, 3.63) is 53.7 Å². The topological polar surface area (TPSA) is 92.4 Å². The molecule has 1 aromatic carbocycles. The number of para-hydroxylation sites is 1. The molecule has 0 unspecified atom stereocenters. The molecule has 1 aliphatic rings. The van der Waals surface area contributed by atoms with Gasteiger partial charge in [0.25, 0.3) is 5.91 Å². The van der Waals surface area contributed by atoms with E-state index in [0.29, 0.717) is 23.7 Å². The number of nitrogens with one attached hydrogen (secondary N) is 3. The van der Waals surface area contributed by atoms with Crippen LogP contribution in [0.25, 0.3) is 0 Å². The molecule has 1 aliphatic carbocycles. The molecule has 29 heavy (non-hydrogen) atoms. The molecule has 3 amide bonds. The minimum Gasteiger partial charge on any atom is -0.474 e. The molecule has 0 spiro atoms. The van der Waals surface area contributed by atoms with Crippen molar-refractivity contribution in [3.8, 4) is 5.88 Å². The molecule has 7 heteroatoms. The van der Waals surface area contributed by atoms with Gasteiger partial charge in [-0.25, -0.2) is 9.78 Å². The van der Waals surface area contributed by atoms with Crippen molar-refractivity contribution in [2.45, 2.75) is 58.2 Å². The minimum absolute atomic E-state index is 0.000132. The zero-order chi connectivity index (χ0) is 20.6. The van der Waals surface area contributed by atoms with Gasteiger partial charge in [-0.1, -0.05) is 18.2 Å². The number of carbonyl (C=O) groups is 2. The van der Waals surface area contributed by atoms with Crippen LogP contribution in [-0.2, 0) is 6.54 Å². The second-order valence-electron chi connectivity index (χ2n) is 7.47. The molecule has 154 valence electrons. The average Bonchev–Trinajstić information content (AvgIpc) is 3.20. The number of carbonyl (C=O) groups excluding carboxylic acids is 2. The summed E-state index contributed by atoms with van der Waals surface area (Å²) in [5, 5.41) is 8.39. The van der Waals surface area contributed by atoms with Crippen LogP contribution >= 0.6 is 0 Å². The van der Waals surface area contributed by atoms with Crippen LogP contribution in [0.15, 0.2) is 42.6 Å². The maximum Gasteiger partial charge on any atom is 0.319 e. The largest absolute Gasteiger partial charge is 0.474 e. The Labute approximate surface area is 171 Å². The van der Waals surface area contributed by atoms with Gasteiger partial charge in [0.15, 0.2) is 0 Å². The predicted molar refractivity (Wildman–Crippen MR) is 112 cm³/mol. The number of pyridine rings is 1. The Balaban J connectivity index is 1.65. The first-order chi connectivity index (χ1) is 14.0. The third-order valence-corrected chi connectivity index (χ3v) is 4.71. The summed E-state index contributed by atoms with van der Waals surface area (Å²) in [7, 11) is 0. The summed E-state index contributed by atoms with van der Waals surface area (Å²) in [6, 6.07) is 10.3. The van der Waals surface area contributed by atoms with Crippen molar-refractivity contribution in [3.63, 3.8) is 0 Å². The van der Waals surface area contributed by atoms with E-state index < -0.39 is 0 Å². The van der Waals surface area contributed by atoms with E-state index in [-0.39, 0.29) is 24.1 Å². The summed E-state index contributed by atoms with van der Waals surface area (Å²) < 4.78 is 6.03. The molecule has 1 aromatic heterocycles. The number of ether oxygens (including phenoxy) is 1. The van der Waals surface area contributed by atoms with E-state index in [2.05, 4.69) is 20.9 Å². The van der Waals surface area contributed by atoms with Crippen LogP contribution in [0.5, 0.6) is 5.88 Å². The summed E-state index contributed by atoms with van der Waals surface area (Å²) in [6.45, 7) is 4.04. The number of anilines is 1. The Morgan fingerprint density at radius 1 is 1.14 bits per heavy atom. The third-order valence-electron chi connectivity index (χ3n) is 4.71. The van der Waals surface area contributed by atoms with Gasteiger partial charge < -0.3 is 20.7 Å². The molecular weight excluding hydrogens is 368 g/mol. The molecule has 1 fully saturated rings. The first kappa shape index (κ1) is 20.6. The van der Waals surface area contributed by atoms with Gasteiger partial charge in [-0.2, -0.15) is 0 Å². The maximum atomic E-state index is 12.8. The van der Waals surface area contributed by atoms with Gasteiger partial charge in [0.2, 0.25) is 5.88 Å². The Hall–Kier alpha value is -3.09. The van der Waals surface area contributed by atoms with E-state index in [0.717, 1.165) is 18.4 Å². The number of hydrogen-bond donors (Lipinski definition) is 3. The van der Waals surface area contributed by atoms with Gasteiger partial charge in [0, 0.05) is 24.3 Å². The Morgan fingerprint density at radius 2 is 1.90 bits per heavy atom. The van der Waals surface area contributed by atoms with E-state index in [1.807, 2.05) is 26.0 Å². The lowest BCUT2D eigenvalue weighted by Crippen LogP contribution is -2.35. The number of urea groups is 1. The van der Waals surface area contributed by atoms with E-state index in [4.69, 9.17) is 4.74 Å². The normalized spacial score (nSPS) is 13.9. The van der Waals surface area contributed by atoms with Crippen LogP contribution in [0.3, 0.4) is 0 Å².